The first-order valence-corrected chi connectivity index (χ1v) is 3.40. The number of rotatable bonds is 3. The van der Waals surface area contributed by atoms with E-state index in [0.29, 0.717) is 5.69 Å². The van der Waals surface area contributed by atoms with Gasteiger partial charge in [-0.25, -0.2) is 4.99 Å². The van der Waals surface area contributed by atoms with Gasteiger partial charge in [-0.3, -0.25) is 20.8 Å². The van der Waals surface area contributed by atoms with E-state index in [-0.39, 0.29) is 5.69 Å². The zero-order valence-electron chi connectivity index (χ0n) is 6.54. The van der Waals surface area contributed by atoms with Crippen molar-refractivity contribution < 1.29 is 10.1 Å². The van der Waals surface area contributed by atoms with Crippen LogP contribution in [0.5, 0.6) is 0 Å². The fourth-order valence-corrected chi connectivity index (χ4v) is 0.764. The highest BCUT2D eigenvalue weighted by atomic mass is 16.6. The molecule has 0 saturated carbocycles. The maximum Gasteiger partial charge on any atom is 0.269 e. The van der Waals surface area contributed by atoms with Gasteiger partial charge in [0.25, 0.3) is 5.69 Å². The molecule has 68 valence electrons. The summed E-state index contributed by atoms with van der Waals surface area (Å²) < 4.78 is 0. The Morgan fingerprint density at radius 2 is 2.08 bits per heavy atom. The summed E-state index contributed by atoms with van der Waals surface area (Å²) >= 11 is 0. The van der Waals surface area contributed by atoms with Gasteiger partial charge in [-0.05, 0) is 12.1 Å². The van der Waals surface area contributed by atoms with Gasteiger partial charge in [0.1, 0.15) is 6.34 Å². The largest absolute Gasteiger partial charge is 0.290 e. The van der Waals surface area contributed by atoms with E-state index in [4.69, 9.17) is 5.21 Å². The van der Waals surface area contributed by atoms with Crippen molar-refractivity contribution in [3.63, 3.8) is 0 Å². The average molecular weight is 181 g/mol. The van der Waals surface area contributed by atoms with Gasteiger partial charge in [-0.1, -0.05) is 0 Å². The number of hydrogen-bond acceptors (Lipinski definition) is 4. The number of non-ortho nitro benzene ring substituents is 1. The number of nitrogens with one attached hydrogen (secondary N) is 1. The van der Waals surface area contributed by atoms with E-state index in [0.717, 1.165) is 6.34 Å². The van der Waals surface area contributed by atoms with Crippen molar-refractivity contribution in [2.75, 3.05) is 0 Å². The third kappa shape index (κ3) is 2.53. The second-order valence-corrected chi connectivity index (χ2v) is 2.16. The third-order valence-electron chi connectivity index (χ3n) is 1.33. The molecule has 0 aliphatic heterocycles. The van der Waals surface area contributed by atoms with Crippen molar-refractivity contribution >= 4 is 17.7 Å². The molecule has 13 heavy (non-hydrogen) atoms. The Morgan fingerprint density at radius 1 is 1.46 bits per heavy atom. The highest BCUT2D eigenvalue weighted by Crippen LogP contribution is 2.16. The van der Waals surface area contributed by atoms with Crippen molar-refractivity contribution in [3.05, 3.63) is 34.4 Å². The second-order valence-electron chi connectivity index (χ2n) is 2.16. The molecular formula is C7H7N3O3. The zero-order valence-corrected chi connectivity index (χ0v) is 6.54. The predicted octanol–water partition coefficient (Wildman–Crippen LogP) is 1.23. The molecule has 1 aromatic rings. The second kappa shape index (κ2) is 4.17. The van der Waals surface area contributed by atoms with Crippen LogP contribution in [-0.4, -0.2) is 16.5 Å². The molecular weight excluding hydrogens is 174 g/mol. The molecule has 0 bridgehead atoms. The molecule has 1 rings (SSSR count). The van der Waals surface area contributed by atoms with Crippen LogP contribution in [0.3, 0.4) is 0 Å². The Morgan fingerprint density at radius 3 is 2.54 bits per heavy atom. The molecule has 0 spiro atoms. The lowest BCUT2D eigenvalue weighted by molar-refractivity contribution is -0.384. The lowest BCUT2D eigenvalue weighted by Crippen LogP contribution is -2.00. The third-order valence-corrected chi connectivity index (χ3v) is 1.33. The highest BCUT2D eigenvalue weighted by molar-refractivity contribution is 5.60. The van der Waals surface area contributed by atoms with Crippen LogP contribution < -0.4 is 5.48 Å². The topological polar surface area (TPSA) is 87.8 Å². The zero-order chi connectivity index (χ0) is 9.68. The fraction of sp³-hybridized carbons (Fsp3) is 0. The van der Waals surface area contributed by atoms with Gasteiger partial charge in [0.15, 0.2) is 0 Å². The molecule has 0 aliphatic carbocycles. The minimum atomic E-state index is -0.488. The van der Waals surface area contributed by atoms with E-state index in [9.17, 15) is 10.1 Å². The van der Waals surface area contributed by atoms with Crippen LogP contribution in [0.2, 0.25) is 0 Å². The van der Waals surface area contributed by atoms with Crippen LogP contribution in [0, 0.1) is 10.1 Å². The number of nitro benzene ring substituents is 1. The van der Waals surface area contributed by atoms with Crippen molar-refractivity contribution in [2.24, 2.45) is 4.99 Å². The summed E-state index contributed by atoms with van der Waals surface area (Å²) in [6.07, 6.45) is 1.07. The molecule has 6 nitrogen and oxygen atoms in total. The van der Waals surface area contributed by atoms with E-state index in [1.54, 1.807) is 5.48 Å². The molecule has 0 fully saturated rings. The minimum absolute atomic E-state index is 0.0101. The summed E-state index contributed by atoms with van der Waals surface area (Å²) in [5.74, 6) is 0. The van der Waals surface area contributed by atoms with Crippen molar-refractivity contribution in [1.29, 1.82) is 0 Å². The molecule has 0 atom stereocenters. The van der Waals surface area contributed by atoms with Crippen LogP contribution in [0.15, 0.2) is 29.3 Å². The van der Waals surface area contributed by atoms with E-state index in [1.165, 1.54) is 24.3 Å². The summed E-state index contributed by atoms with van der Waals surface area (Å²) in [7, 11) is 0. The summed E-state index contributed by atoms with van der Waals surface area (Å²) in [6.45, 7) is 0. The Hall–Kier alpha value is -1.95. The smallest absolute Gasteiger partial charge is 0.269 e. The lowest BCUT2D eigenvalue weighted by Gasteiger charge is -1.92. The molecule has 0 aromatic heterocycles. The van der Waals surface area contributed by atoms with Gasteiger partial charge in [0, 0.05) is 12.1 Å². The maximum absolute atomic E-state index is 10.2. The maximum atomic E-state index is 10.2. The highest BCUT2D eigenvalue weighted by Gasteiger charge is 2.02. The summed E-state index contributed by atoms with van der Waals surface area (Å²) in [5, 5.41) is 18.4. The molecule has 0 amide bonds. The average Bonchev–Trinajstić information content (AvgIpc) is 2.15. The number of benzene rings is 1. The van der Waals surface area contributed by atoms with Crippen molar-refractivity contribution in [2.45, 2.75) is 0 Å². The van der Waals surface area contributed by atoms with Crippen LogP contribution in [0.1, 0.15) is 0 Å². The molecule has 0 aliphatic rings. The van der Waals surface area contributed by atoms with Gasteiger partial charge in [-0.2, -0.15) is 0 Å². The minimum Gasteiger partial charge on any atom is -0.290 e. The van der Waals surface area contributed by atoms with Gasteiger partial charge < -0.3 is 0 Å². The van der Waals surface area contributed by atoms with E-state index in [1.807, 2.05) is 0 Å². The molecule has 2 N–H and O–H groups in total. The van der Waals surface area contributed by atoms with Gasteiger partial charge >= 0.3 is 0 Å². The number of nitrogens with zero attached hydrogens (tertiary/aromatic N) is 2. The first kappa shape index (κ1) is 9.14. The van der Waals surface area contributed by atoms with Crippen LogP contribution in [0.4, 0.5) is 11.4 Å². The van der Waals surface area contributed by atoms with E-state index < -0.39 is 4.92 Å². The normalized spacial score (nSPS) is 10.2. The first-order valence-electron chi connectivity index (χ1n) is 3.40. The van der Waals surface area contributed by atoms with Gasteiger partial charge in [0.05, 0.1) is 10.6 Å². The summed E-state index contributed by atoms with van der Waals surface area (Å²) in [4.78, 5) is 13.5. The van der Waals surface area contributed by atoms with Crippen molar-refractivity contribution in [1.82, 2.24) is 5.48 Å². The summed E-state index contributed by atoms with van der Waals surface area (Å²) in [5.41, 5.74) is 2.26. The Bertz CT molecular complexity index is 320. The number of hydrogen-bond donors (Lipinski definition) is 2. The fourth-order valence-electron chi connectivity index (χ4n) is 0.764. The SMILES string of the molecule is O=[N+]([O-])c1ccc(N=CNO)cc1. The lowest BCUT2D eigenvalue weighted by atomic mass is 10.3. The molecule has 6 heteroatoms. The first-order chi connectivity index (χ1) is 6.24. The molecule has 0 radical (unpaired) electrons. The Balaban J connectivity index is 2.81. The van der Waals surface area contributed by atoms with Crippen molar-refractivity contribution in [3.8, 4) is 0 Å². The predicted molar refractivity (Wildman–Crippen MR) is 46.2 cm³/mol. The quantitative estimate of drug-likeness (QED) is 0.317. The Kier molecular flexibility index (Phi) is 2.93. The monoisotopic (exact) mass is 181 g/mol. The van der Waals surface area contributed by atoms with Gasteiger partial charge in [-0.15, -0.1) is 0 Å². The van der Waals surface area contributed by atoms with Crippen LogP contribution >= 0.6 is 0 Å². The van der Waals surface area contributed by atoms with E-state index in [2.05, 4.69) is 4.99 Å². The molecule has 1 aromatic carbocycles. The standard InChI is InChI=1S/C7H7N3O3/c11-9-5-8-6-1-3-7(4-2-6)10(12)13/h1-5,11H,(H,8,9). The summed E-state index contributed by atoms with van der Waals surface area (Å²) in [6, 6.07) is 5.63. The number of aliphatic imine (C=N–C) groups is 1. The number of hydroxylamine groups is 1. The molecule has 0 unspecified atom stereocenters. The Labute approximate surface area is 73.6 Å². The molecule has 0 saturated heterocycles. The number of nitro groups is 1. The van der Waals surface area contributed by atoms with E-state index >= 15 is 0 Å². The molecule has 0 heterocycles. The van der Waals surface area contributed by atoms with Crippen LogP contribution in [0.25, 0.3) is 0 Å². The van der Waals surface area contributed by atoms with Gasteiger partial charge in [0.2, 0.25) is 0 Å². The van der Waals surface area contributed by atoms with Crippen LogP contribution in [-0.2, 0) is 0 Å².